The number of hydrogen-bond donors (Lipinski definition) is 1. The van der Waals surface area contributed by atoms with Crippen LogP contribution in [0.25, 0.3) is 0 Å². The number of piperidine rings is 1. The number of allylic oxidation sites excluding steroid dienone is 1. The number of nitrogens with one attached hydrogen (secondary N) is 1. The van der Waals surface area contributed by atoms with Crippen LogP contribution < -0.4 is 15.1 Å². The lowest BCUT2D eigenvalue weighted by atomic mass is 9.95. The maximum absolute atomic E-state index is 13.4. The Labute approximate surface area is 190 Å². The molecule has 2 aliphatic heterocycles. The summed E-state index contributed by atoms with van der Waals surface area (Å²) in [5.74, 6) is -0.322. The van der Waals surface area contributed by atoms with E-state index in [1.165, 1.54) is 23.3 Å². The predicted molar refractivity (Wildman–Crippen MR) is 126 cm³/mol. The molecule has 1 N–H and O–H groups in total. The molecule has 3 amide bonds. The van der Waals surface area contributed by atoms with Gasteiger partial charge in [-0.1, -0.05) is 11.6 Å². The number of benzene rings is 1. The third-order valence-electron chi connectivity index (χ3n) is 6.74. The van der Waals surface area contributed by atoms with E-state index in [1.807, 2.05) is 12.1 Å². The van der Waals surface area contributed by atoms with Crippen molar-refractivity contribution in [2.24, 2.45) is 0 Å². The van der Waals surface area contributed by atoms with E-state index >= 15 is 0 Å². The molecule has 0 saturated carbocycles. The van der Waals surface area contributed by atoms with E-state index in [0.717, 1.165) is 50.8 Å². The minimum atomic E-state index is -0.230. The van der Waals surface area contributed by atoms with Crippen molar-refractivity contribution >= 4 is 29.1 Å². The monoisotopic (exact) mass is 438 g/mol. The first-order valence-corrected chi connectivity index (χ1v) is 11.8. The average Bonchev–Trinajstić information content (AvgIpc) is 2.81. The van der Waals surface area contributed by atoms with Crippen LogP contribution in [-0.4, -0.2) is 62.4 Å². The summed E-state index contributed by atoms with van der Waals surface area (Å²) in [4.78, 5) is 44.0. The van der Waals surface area contributed by atoms with E-state index < -0.39 is 0 Å². The molecular formula is C25H34N4O3. The van der Waals surface area contributed by atoms with Crippen molar-refractivity contribution in [2.75, 3.05) is 43.5 Å². The first-order chi connectivity index (χ1) is 15.5. The Bertz CT molecular complexity index is 924. The smallest absolute Gasteiger partial charge is 0.253 e. The van der Waals surface area contributed by atoms with E-state index in [-0.39, 0.29) is 30.3 Å². The second-order valence-corrected chi connectivity index (χ2v) is 9.24. The molecule has 1 saturated heterocycles. The van der Waals surface area contributed by atoms with E-state index in [2.05, 4.69) is 16.3 Å². The van der Waals surface area contributed by atoms with Gasteiger partial charge in [0, 0.05) is 32.7 Å². The third kappa shape index (κ3) is 4.66. The maximum Gasteiger partial charge on any atom is 0.253 e. The van der Waals surface area contributed by atoms with Crippen molar-refractivity contribution in [1.82, 2.24) is 10.2 Å². The van der Waals surface area contributed by atoms with Crippen molar-refractivity contribution in [3.8, 4) is 0 Å². The van der Waals surface area contributed by atoms with Crippen LogP contribution in [0, 0.1) is 0 Å². The number of carbonyl (C=O) groups excluding carboxylic acids is 3. The molecule has 0 spiro atoms. The molecule has 0 bridgehead atoms. The van der Waals surface area contributed by atoms with E-state index in [0.29, 0.717) is 17.8 Å². The molecule has 1 atom stereocenters. The van der Waals surface area contributed by atoms with Gasteiger partial charge >= 0.3 is 0 Å². The molecule has 7 nitrogen and oxygen atoms in total. The Morgan fingerprint density at radius 2 is 1.97 bits per heavy atom. The summed E-state index contributed by atoms with van der Waals surface area (Å²) in [6, 6.07) is 5.28. The van der Waals surface area contributed by atoms with Gasteiger partial charge in [0.15, 0.2) is 0 Å². The molecule has 0 aromatic heterocycles. The van der Waals surface area contributed by atoms with Gasteiger partial charge in [-0.15, -0.1) is 0 Å². The minimum Gasteiger partial charge on any atom is -0.358 e. The van der Waals surface area contributed by atoms with Gasteiger partial charge in [-0.2, -0.15) is 0 Å². The summed E-state index contributed by atoms with van der Waals surface area (Å²) in [5, 5.41) is 2.99. The molecule has 172 valence electrons. The van der Waals surface area contributed by atoms with Crippen LogP contribution in [0.3, 0.4) is 0 Å². The molecule has 2 heterocycles. The lowest BCUT2D eigenvalue weighted by Crippen LogP contribution is -2.57. The van der Waals surface area contributed by atoms with Crippen LogP contribution in [0.15, 0.2) is 29.8 Å². The van der Waals surface area contributed by atoms with E-state index in [4.69, 9.17) is 0 Å². The molecular weight excluding hydrogens is 404 g/mol. The zero-order valence-corrected chi connectivity index (χ0v) is 19.2. The highest BCUT2D eigenvalue weighted by Gasteiger charge is 2.40. The summed E-state index contributed by atoms with van der Waals surface area (Å²) in [6.45, 7) is 1.39. The lowest BCUT2D eigenvalue weighted by molar-refractivity contribution is -0.124. The van der Waals surface area contributed by atoms with Gasteiger partial charge in [0.25, 0.3) is 5.91 Å². The Balaban J connectivity index is 1.52. The molecule has 4 rings (SSSR count). The Kier molecular flexibility index (Phi) is 6.82. The number of anilines is 2. The molecule has 0 radical (unpaired) electrons. The summed E-state index contributed by atoms with van der Waals surface area (Å²) in [6.07, 6.45) is 10.7. The van der Waals surface area contributed by atoms with Gasteiger partial charge in [-0.3, -0.25) is 19.3 Å². The second kappa shape index (κ2) is 9.76. The topological polar surface area (TPSA) is 73.0 Å². The number of nitrogens with zero attached hydrogens (tertiary/aromatic N) is 3. The normalized spacial score (nSPS) is 20.2. The van der Waals surface area contributed by atoms with Crippen molar-refractivity contribution in [3.63, 3.8) is 0 Å². The largest absolute Gasteiger partial charge is 0.358 e. The summed E-state index contributed by atoms with van der Waals surface area (Å²) >= 11 is 0. The van der Waals surface area contributed by atoms with Crippen molar-refractivity contribution < 1.29 is 14.4 Å². The highest BCUT2D eigenvalue weighted by Crippen LogP contribution is 2.40. The zero-order chi connectivity index (χ0) is 22.7. The van der Waals surface area contributed by atoms with Gasteiger partial charge in [0.2, 0.25) is 11.8 Å². The highest BCUT2D eigenvalue weighted by atomic mass is 16.2. The second-order valence-electron chi connectivity index (χ2n) is 9.24. The highest BCUT2D eigenvalue weighted by molar-refractivity contribution is 6.09. The Morgan fingerprint density at radius 3 is 2.72 bits per heavy atom. The van der Waals surface area contributed by atoms with E-state index in [1.54, 1.807) is 25.1 Å². The Hall–Kier alpha value is -2.83. The van der Waals surface area contributed by atoms with Crippen LogP contribution in [0.4, 0.5) is 11.4 Å². The van der Waals surface area contributed by atoms with Crippen molar-refractivity contribution in [2.45, 2.75) is 57.4 Å². The van der Waals surface area contributed by atoms with E-state index in [9.17, 15) is 14.4 Å². The fraction of sp³-hybridized carbons (Fsp3) is 0.560. The maximum atomic E-state index is 13.4. The third-order valence-corrected chi connectivity index (χ3v) is 6.74. The molecule has 1 aromatic carbocycles. The quantitative estimate of drug-likeness (QED) is 0.693. The van der Waals surface area contributed by atoms with Crippen LogP contribution in [0.5, 0.6) is 0 Å². The van der Waals surface area contributed by atoms with Gasteiger partial charge in [0.05, 0.1) is 11.4 Å². The number of rotatable bonds is 6. The van der Waals surface area contributed by atoms with Gasteiger partial charge in [-0.05, 0) is 69.6 Å². The fourth-order valence-corrected chi connectivity index (χ4v) is 5.01. The molecule has 32 heavy (non-hydrogen) atoms. The summed E-state index contributed by atoms with van der Waals surface area (Å²) in [5.41, 5.74) is 3.53. The molecule has 3 aliphatic rings. The van der Waals surface area contributed by atoms with Gasteiger partial charge in [-0.25, -0.2) is 0 Å². The fourth-order valence-electron chi connectivity index (χ4n) is 5.01. The van der Waals surface area contributed by atoms with Crippen LogP contribution in [0.2, 0.25) is 0 Å². The molecule has 1 fully saturated rings. The molecule has 7 heteroatoms. The molecule has 1 aliphatic carbocycles. The zero-order valence-electron chi connectivity index (χ0n) is 19.2. The number of carbonyl (C=O) groups is 3. The van der Waals surface area contributed by atoms with Crippen molar-refractivity contribution in [1.29, 1.82) is 0 Å². The standard InChI is InChI=1S/C25H34N4O3/c1-27(2)24(31)19-11-12-20-22(16-19)29(25(32)21-10-6-7-15-28(20)21)17-23(30)26-14-13-18-8-4-3-5-9-18/h8,11-12,16,21H,3-7,9-10,13-15,17H2,1-2H3,(H,26,30)/t21-/m1/s1. The predicted octanol–water partition coefficient (Wildman–Crippen LogP) is 3.10. The number of amides is 3. The molecule has 0 unspecified atom stereocenters. The minimum absolute atomic E-state index is 0.0190. The average molecular weight is 439 g/mol. The summed E-state index contributed by atoms with van der Waals surface area (Å²) in [7, 11) is 3.42. The molecule has 1 aromatic rings. The van der Waals surface area contributed by atoms with Crippen LogP contribution >= 0.6 is 0 Å². The summed E-state index contributed by atoms with van der Waals surface area (Å²) < 4.78 is 0. The van der Waals surface area contributed by atoms with Gasteiger partial charge in [0.1, 0.15) is 12.6 Å². The number of fused-ring (bicyclic) bond motifs is 3. The first kappa shape index (κ1) is 22.4. The lowest BCUT2D eigenvalue weighted by Gasteiger charge is -2.45. The first-order valence-electron chi connectivity index (χ1n) is 11.8. The number of hydrogen-bond acceptors (Lipinski definition) is 4. The SMILES string of the molecule is CN(C)C(=O)c1ccc2c(c1)N(CC(=O)NCCC1=CCCCC1)C(=O)[C@H]1CCCCN21. The van der Waals surface area contributed by atoms with Crippen LogP contribution in [-0.2, 0) is 9.59 Å². The van der Waals surface area contributed by atoms with Gasteiger partial charge < -0.3 is 15.1 Å². The van der Waals surface area contributed by atoms with Crippen LogP contribution in [0.1, 0.15) is 61.7 Å². The van der Waals surface area contributed by atoms with Crippen molar-refractivity contribution in [3.05, 3.63) is 35.4 Å². The Morgan fingerprint density at radius 1 is 1.12 bits per heavy atom.